The van der Waals surface area contributed by atoms with E-state index in [2.05, 4.69) is 4.98 Å². The second-order valence-electron chi connectivity index (χ2n) is 6.44. The Balaban J connectivity index is 1.61. The Kier molecular flexibility index (Phi) is 6.18. The minimum absolute atomic E-state index is 0.238. The van der Waals surface area contributed by atoms with Crippen molar-refractivity contribution in [2.45, 2.75) is 6.54 Å². The van der Waals surface area contributed by atoms with Gasteiger partial charge in [-0.05, 0) is 42.0 Å². The summed E-state index contributed by atoms with van der Waals surface area (Å²) in [6, 6.07) is 18.7. The number of rotatable bonds is 6. The Hall–Kier alpha value is -2.67. The lowest BCUT2D eigenvalue weighted by molar-refractivity contribution is -0.120. The molecule has 4 aromatic rings. The van der Waals surface area contributed by atoms with Crippen molar-refractivity contribution in [1.82, 2.24) is 4.98 Å². The summed E-state index contributed by atoms with van der Waals surface area (Å²) in [6.07, 6.45) is 0. The Morgan fingerprint density at radius 3 is 2.63 bits per heavy atom. The van der Waals surface area contributed by atoms with Gasteiger partial charge in [-0.3, -0.25) is 9.69 Å². The number of amides is 1. The van der Waals surface area contributed by atoms with Crippen molar-refractivity contribution < 1.29 is 13.9 Å². The molecule has 0 spiro atoms. The third-order valence-corrected chi connectivity index (χ3v) is 5.87. The highest BCUT2D eigenvalue weighted by atomic mass is 35.5. The first-order valence-electron chi connectivity index (χ1n) is 8.98. The summed E-state index contributed by atoms with van der Waals surface area (Å²) in [5.41, 5.74) is 1.56. The van der Waals surface area contributed by atoms with Gasteiger partial charge in [0.15, 0.2) is 11.7 Å². The lowest BCUT2D eigenvalue weighted by Crippen LogP contribution is -2.34. The predicted molar refractivity (Wildman–Crippen MR) is 119 cm³/mol. The number of carbonyl (C=O) groups excluding carboxylic acids is 1. The zero-order chi connectivity index (χ0) is 21.1. The maximum atomic E-state index is 13.6. The molecule has 0 aliphatic carbocycles. The van der Waals surface area contributed by atoms with Gasteiger partial charge in [-0.25, -0.2) is 9.37 Å². The van der Waals surface area contributed by atoms with Crippen LogP contribution in [-0.4, -0.2) is 17.5 Å². The van der Waals surface area contributed by atoms with E-state index in [0.29, 0.717) is 37.7 Å². The SMILES string of the molecule is O=C(COc1ccc(Cl)cc1Cl)N(Cc1ccccc1)c1nc2ccc(F)cc2s1. The largest absolute Gasteiger partial charge is 0.482 e. The number of hydrogen-bond acceptors (Lipinski definition) is 4. The minimum Gasteiger partial charge on any atom is -0.482 e. The van der Waals surface area contributed by atoms with Crippen LogP contribution in [0.2, 0.25) is 10.0 Å². The second kappa shape index (κ2) is 9.00. The van der Waals surface area contributed by atoms with Crippen molar-refractivity contribution in [3.8, 4) is 5.75 Å². The zero-order valence-electron chi connectivity index (χ0n) is 15.5. The van der Waals surface area contributed by atoms with Gasteiger partial charge in [-0.15, -0.1) is 0 Å². The van der Waals surface area contributed by atoms with Crippen LogP contribution < -0.4 is 9.64 Å². The zero-order valence-corrected chi connectivity index (χ0v) is 17.8. The van der Waals surface area contributed by atoms with Crippen LogP contribution in [-0.2, 0) is 11.3 Å². The van der Waals surface area contributed by atoms with Gasteiger partial charge >= 0.3 is 0 Å². The molecule has 0 radical (unpaired) electrons. The van der Waals surface area contributed by atoms with Gasteiger partial charge in [0.2, 0.25) is 0 Å². The number of fused-ring (bicyclic) bond motifs is 1. The van der Waals surface area contributed by atoms with E-state index in [0.717, 1.165) is 5.56 Å². The highest BCUT2D eigenvalue weighted by Gasteiger charge is 2.21. The van der Waals surface area contributed by atoms with E-state index in [1.807, 2.05) is 30.3 Å². The molecular formula is C22H15Cl2FN2O2S. The van der Waals surface area contributed by atoms with Crippen LogP contribution in [0, 0.1) is 5.82 Å². The fraction of sp³-hybridized carbons (Fsp3) is 0.0909. The molecule has 30 heavy (non-hydrogen) atoms. The lowest BCUT2D eigenvalue weighted by atomic mass is 10.2. The van der Waals surface area contributed by atoms with Gasteiger partial charge in [0.25, 0.3) is 5.91 Å². The number of carbonyl (C=O) groups is 1. The predicted octanol–water partition coefficient (Wildman–Crippen LogP) is 6.35. The fourth-order valence-corrected chi connectivity index (χ4v) is 4.31. The number of nitrogens with zero attached hydrogens (tertiary/aromatic N) is 2. The molecule has 0 unspecified atom stereocenters. The van der Waals surface area contributed by atoms with E-state index < -0.39 is 0 Å². The average Bonchev–Trinajstić information content (AvgIpc) is 3.14. The first kappa shape index (κ1) is 20.6. The Morgan fingerprint density at radius 2 is 1.87 bits per heavy atom. The third-order valence-electron chi connectivity index (χ3n) is 4.30. The first-order valence-corrected chi connectivity index (χ1v) is 10.5. The minimum atomic E-state index is -0.348. The number of aromatic nitrogens is 1. The van der Waals surface area contributed by atoms with Crippen LogP contribution in [0.25, 0.3) is 10.2 Å². The molecule has 4 nitrogen and oxygen atoms in total. The van der Waals surface area contributed by atoms with Gasteiger partial charge < -0.3 is 4.74 Å². The number of anilines is 1. The standard InChI is InChI=1S/C22H15Cl2FN2O2S/c23-15-6-9-19(17(24)10-15)29-13-21(28)27(12-14-4-2-1-3-5-14)22-26-18-8-7-16(25)11-20(18)30-22/h1-11H,12-13H2. The lowest BCUT2D eigenvalue weighted by Gasteiger charge is -2.20. The fourth-order valence-electron chi connectivity index (χ4n) is 2.84. The van der Waals surface area contributed by atoms with E-state index in [1.54, 1.807) is 24.3 Å². The molecule has 1 aromatic heterocycles. The Labute approximate surface area is 186 Å². The first-order chi connectivity index (χ1) is 14.5. The highest BCUT2D eigenvalue weighted by molar-refractivity contribution is 7.22. The van der Waals surface area contributed by atoms with Gasteiger partial charge in [0, 0.05) is 5.02 Å². The second-order valence-corrected chi connectivity index (χ2v) is 8.29. The van der Waals surface area contributed by atoms with Gasteiger partial charge in [-0.2, -0.15) is 0 Å². The van der Waals surface area contributed by atoms with Crippen molar-refractivity contribution >= 4 is 55.8 Å². The molecule has 8 heteroatoms. The summed E-state index contributed by atoms with van der Waals surface area (Å²) >= 11 is 13.3. The molecule has 1 heterocycles. The highest BCUT2D eigenvalue weighted by Crippen LogP contribution is 2.31. The summed E-state index contributed by atoms with van der Waals surface area (Å²) in [7, 11) is 0. The molecule has 0 fully saturated rings. The average molecular weight is 461 g/mol. The van der Waals surface area contributed by atoms with E-state index in [-0.39, 0.29) is 18.3 Å². The number of halogens is 3. The van der Waals surface area contributed by atoms with Crippen LogP contribution in [0.15, 0.2) is 66.7 Å². The van der Waals surface area contributed by atoms with Crippen molar-refractivity contribution in [3.05, 3.63) is 88.2 Å². The summed E-state index contributed by atoms with van der Waals surface area (Å²) in [4.78, 5) is 19.1. The molecule has 0 aliphatic heterocycles. The molecule has 3 aromatic carbocycles. The van der Waals surface area contributed by atoms with E-state index in [1.165, 1.54) is 28.4 Å². The molecule has 0 saturated heterocycles. The monoisotopic (exact) mass is 460 g/mol. The maximum absolute atomic E-state index is 13.6. The number of ether oxygens (including phenoxy) is 1. The van der Waals surface area contributed by atoms with Crippen LogP contribution >= 0.6 is 34.5 Å². The molecule has 1 amide bonds. The van der Waals surface area contributed by atoms with E-state index in [4.69, 9.17) is 27.9 Å². The molecule has 0 atom stereocenters. The van der Waals surface area contributed by atoms with Crippen molar-refractivity contribution in [2.75, 3.05) is 11.5 Å². The van der Waals surface area contributed by atoms with Crippen LogP contribution in [0.3, 0.4) is 0 Å². The van der Waals surface area contributed by atoms with Crippen molar-refractivity contribution in [2.24, 2.45) is 0 Å². The molecule has 152 valence electrons. The Bertz CT molecular complexity index is 1200. The van der Waals surface area contributed by atoms with Gasteiger partial charge in [0.1, 0.15) is 11.6 Å². The summed E-state index contributed by atoms with van der Waals surface area (Å²) in [5.74, 6) is -0.288. The normalized spacial score (nSPS) is 10.9. The molecule has 0 aliphatic rings. The molecular weight excluding hydrogens is 446 g/mol. The van der Waals surface area contributed by atoms with Crippen LogP contribution in [0.1, 0.15) is 5.56 Å². The molecule has 4 rings (SSSR count). The number of benzene rings is 3. The van der Waals surface area contributed by atoms with Crippen molar-refractivity contribution in [3.63, 3.8) is 0 Å². The third kappa shape index (κ3) is 4.73. The molecule has 0 saturated carbocycles. The number of thiazole rings is 1. The Morgan fingerprint density at radius 1 is 1.07 bits per heavy atom. The van der Waals surface area contributed by atoms with Gasteiger partial charge in [0.05, 0.1) is 21.8 Å². The van der Waals surface area contributed by atoms with Crippen LogP contribution in [0.5, 0.6) is 5.75 Å². The van der Waals surface area contributed by atoms with Gasteiger partial charge in [-0.1, -0.05) is 64.9 Å². The molecule has 0 N–H and O–H groups in total. The summed E-state index contributed by atoms with van der Waals surface area (Å²) < 4.78 is 19.9. The quantitative estimate of drug-likeness (QED) is 0.336. The van der Waals surface area contributed by atoms with Crippen LogP contribution in [0.4, 0.5) is 9.52 Å². The smallest absolute Gasteiger partial charge is 0.267 e. The van der Waals surface area contributed by atoms with E-state index >= 15 is 0 Å². The maximum Gasteiger partial charge on any atom is 0.267 e. The number of hydrogen-bond donors (Lipinski definition) is 0. The molecule has 0 bridgehead atoms. The summed E-state index contributed by atoms with van der Waals surface area (Å²) in [5, 5.41) is 1.27. The topological polar surface area (TPSA) is 42.4 Å². The van der Waals surface area contributed by atoms with Crippen molar-refractivity contribution in [1.29, 1.82) is 0 Å². The van der Waals surface area contributed by atoms with E-state index in [9.17, 15) is 9.18 Å². The summed E-state index contributed by atoms with van der Waals surface area (Å²) in [6.45, 7) is 0.0676.